The van der Waals surface area contributed by atoms with Gasteiger partial charge in [-0.25, -0.2) is 0 Å². The van der Waals surface area contributed by atoms with Crippen LogP contribution in [0.4, 0.5) is 0 Å². The van der Waals surface area contributed by atoms with Gasteiger partial charge in [0.15, 0.2) is 0 Å². The molecule has 0 amide bonds. The molecule has 1 aliphatic heterocycles. The SMILES string of the molecule is CCOCCN1C(C(=O)O)CC2CCCCC21. The third kappa shape index (κ3) is 2.80. The largest absolute Gasteiger partial charge is 0.480 e. The Labute approximate surface area is 103 Å². The standard InChI is InChI=1S/C13H23NO3/c1-2-17-8-7-14-11-6-4-3-5-10(11)9-12(14)13(15)16/h10-12H,2-9H2,1H3,(H,15,16). The van der Waals surface area contributed by atoms with E-state index in [1.165, 1.54) is 25.7 Å². The van der Waals surface area contributed by atoms with Crippen molar-refractivity contribution < 1.29 is 14.6 Å². The summed E-state index contributed by atoms with van der Waals surface area (Å²) >= 11 is 0. The molecule has 17 heavy (non-hydrogen) atoms. The highest BCUT2D eigenvalue weighted by atomic mass is 16.5. The Bertz CT molecular complexity index is 269. The zero-order chi connectivity index (χ0) is 12.3. The lowest BCUT2D eigenvalue weighted by Crippen LogP contribution is -2.44. The lowest BCUT2D eigenvalue weighted by Gasteiger charge is -2.32. The summed E-state index contributed by atoms with van der Waals surface area (Å²) in [6.07, 6.45) is 5.73. The predicted octanol–water partition coefficient (Wildman–Crippen LogP) is 1.74. The molecule has 2 fully saturated rings. The molecule has 2 aliphatic rings. The third-order valence-corrected chi connectivity index (χ3v) is 4.20. The Morgan fingerprint density at radius 2 is 2.18 bits per heavy atom. The van der Waals surface area contributed by atoms with E-state index in [9.17, 15) is 9.90 Å². The summed E-state index contributed by atoms with van der Waals surface area (Å²) in [7, 11) is 0. The summed E-state index contributed by atoms with van der Waals surface area (Å²) in [4.78, 5) is 13.5. The molecule has 3 unspecified atom stereocenters. The van der Waals surface area contributed by atoms with Gasteiger partial charge < -0.3 is 9.84 Å². The van der Waals surface area contributed by atoms with Crippen LogP contribution in [0.15, 0.2) is 0 Å². The maximum atomic E-state index is 11.3. The second-order valence-electron chi connectivity index (χ2n) is 5.14. The number of fused-ring (bicyclic) bond motifs is 1. The van der Waals surface area contributed by atoms with E-state index in [1.54, 1.807) is 0 Å². The van der Waals surface area contributed by atoms with E-state index in [-0.39, 0.29) is 6.04 Å². The first-order valence-corrected chi connectivity index (χ1v) is 6.80. The molecule has 1 aliphatic carbocycles. The quantitative estimate of drug-likeness (QED) is 0.745. The maximum Gasteiger partial charge on any atom is 0.320 e. The van der Waals surface area contributed by atoms with Gasteiger partial charge in [-0.05, 0) is 32.1 Å². The summed E-state index contributed by atoms with van der Waals surface area (Å²) in [6.45, 7) is 4.11. The normalized spacial score (nSPS) is 33.6. The van der Waals surface area contributed by atoms with Crippen LogP contribution in [0.1, 0.15) is 39.0 Å². The minimum Gasteiger partial charge on any atom is -0.480 e. The molecular weight excluding hydrogens is 218 g/mol. The summed E-state index contributed by atoms with van der Waals surface area (Å²) in [5.74, 6) is -0.0534. The molecule has 0 radical (unpaired) electrons. The fraction of sp³-hybridized carbons (Fsp3) is 0.923. The van der Waals surface area contributed by atoms with E-state index in [0.717, 1.165) is 13.0 Å². The first-order chi connectivity index (χ1) is 8.24. The molecule has 2 rings (SSSR count). The van der Waals surface area contributed by atoms with E-state index in [4.69, 9.17) is 4.74 Å². The van der Waals surface area contributed by atoms with Crippen LogP contribution in [-0.2, 0) is 9.53 Å². The van der Waals surface area contributed by atoms with Gasteiger partial charge in [-0.1, -0.05) is 12.8 Å². The van der Waals surface area contributed by atoms with E-state index in [0.29, 0.717) is 25.2 Å². The van der Waals surface area contributed by atoms with Crippen molar-refractivity contribution in [2.45, 2.75) is 51.1 Å². The highest BCUT2D eigenvalue weighted by molar-refractivity contribution is 5.74. The fourth-order valence-electron chi connectivity index (χ4n) is 3.43. The highest BCUT2D eigenvalue weighted by Gasteiger charge is 2.44. The number of nitrogens with zero attached hydrogens (tertiary/aromatic N) is 1. The molecule has 1 saturated carbocycles. The van der Waals surface area contributed by atoms with E-state index < -0.39 is 5.97 Å². The predicted molar refractivity (Wildman–Crippen MR) is 65.0 cm³/mol. The molecule has 0 spiro atoms. The van der Waals surface area contributed by atoms with Crippen molar-refractivity contribution in [1.82, 2.24) is 4.90 Å². The number of carboxylic acid groups (broad SMARTS) is 1. The summed E-state index contributed by atoms with van der Waals surface area (Å²) < 4.78 is 5.37. The zero-order valence-corrected chi connectivity index (χ0v) is 10.6. The van der Waals surface area contributed by atoms with Gasteiger partial charge >= 0.3 is 5.97 Å². The average molecular weight is 241 g/mol. The summed E-state index contributed by atoms with van der Waals surface area (Å²) in [5, 5.41) is 9.30. The van der Waals surface area contributed by atoms with Crippen LogP contribution in [0.2, 0.25) is 0 Å². The van der Waals surface area contributed by atoms with Gasteiger partial charge in [0.2, 0.25) is 0 Å². The van der Waals surface area contributed by atoms with Gasteiger partial charge in [0, 0.05) is 19.2 Å². The lowest BCUT2D eigenvalue weighted by atomic mass is 9.85. The van der Waals surface area contributed by atoms with Crippen LogP contribution in [-0.4, -0.2) is 47.8 Å². The fourth-order valence-corrected chi connectivity index (χ4v) is 3.43. The topological polar surface area (TPSA) is 49.8 Å². The van der Waals surface area contributed by atoms with Gasteiger partial charge in [-0.15, -0.1) is 0 Å². The second kappa shape index (κ2) is 5.83. The van der Waals surface area contributed by atoms with E-state index >= 15 is 0 Å². The Balaban J connectivity index is 1.98. The number of carbonyl (C=O) groups is 1. The first kappa shape index (κ1) is 12.8. The number of carboxylic acids is 1. The molecule has 3 atom stereocenters. The van der Waals surface area contributed by atoms with Crippen LogP contribution in [0.5, 0.6) is 0 Å². The second-order valence-corrected chi connectivity index (χ2v) is 5.14. The van der Waals surface area contributed by atoms with Crippen molar-refractivity contribution in [1.29, 1.82) is 0 Å². The molecule has 4 nitrogen and oxygen atoms in total. The van der Waals surface area contributed by atoms with Crippen LogP contribution in [0.25, 0.3) is 0 Å². The third-order valence-electron chi connectivity index (χ3n) is 4.20. The van der Waals surface area contributed by atoms with Crippen molar-refractivity contribution in [3.63, 3.8) is 0 Å². The molecule has 0 aromatic heterocycles. The van der Waals surface area contributed by atoms with Gasteiger partial charge in [0.05, 0.1) is 6.61 Å². The number of rotatable bonds is 5. The molecule has 98 valence electrons. The number of hydrogen-bond donors (Lipinski definition) is 1. The van der Waals surface area contributed by atoms with Crippen molar-refractivity contribution in [2.24, 2.45) is 5.92 Å². The van der Waals surface area contributed by atoms with Crippen LogP contribution >= 0.6 is 0 Å². The first-order valence-electron chi connectivity index (χ1n) is 6.80. The van der Waals surface area contributed by atoms with Crippen molar-refractivity contribution in [2.75, 3.05) is 19.8 Å². The maximum absolute atomic E-state index is 11.3. The minimum absolute atomic E-state index is 0.274. The van der Waals surface area contributed by atoms with Crippen molar-refractivity contribution >= 4 is 5.97 Å². The van der Waals surface area contributed by atoms with Crippen molar-refractivity contribution in [3.05, 3.63) is 0 Å². The van der Waals surface area contributed by atoms with Crippen LogP contribution < -0.4 is 0 Å². The molecule has 1 N–H and O–H groups in total. The molecule has 4 heteroatoms. The van der Waals surface area contributed by atoms with Gasteiger partial charge in [-0.2, -0.15) is 0 Å². The van der Waals surface area contributed by atoms with Gasteiger partial charge in [0.25, 0.3) is 0 Å². The van der Waals surface area contributed by atoms with Gasteiger partial charge in [0.1, 0.15) is 6.04 Å². The lowest BCUT2D eigenvalue weighted by molar-refractivity contribution is -0.142. The molecule has 1 heterocycles. The monoisotopic (exact) mass is 241 g/mol. The number of likely N-dealkylation sites (tertiary alicyclic amines) is 1. The van der Waals surface area contributed by atoms with Crippen LogP contribution in [0.3, 0.4) is 0 Å². The highest BCUT2D eigenvalue weighted by Crippen LogP contribution is 2.39. The summed E-state index contributed by atoms with van der Waals surface area (Å²) in [5.41, 5.74) is 0. The summed E-state index contributed by atoms with van der Waals surface area (Å²) in [6, 6.07) is 0.217. The Morgan fingerprint density at radius 1 is 1.41 bits per heavy atom. The Kier molecular flexibility index (Phi) is 4.40. The number of aliphatic carboxylic acids is 1. The van der Waals surface area contributed by atoms with Crippen LogP contribution in [0, 0.1) is 5.92 Å². The zero-order valence-electron chi connectivity index (χ0n) is 10.6. The minimum atomic E-state index is -0.657. The molecule has 1 saturated heterocycles. The molecule has 0 aromatic carbocycles. The molecular formula is C13H23NO3. The van der Waals surface area contributed by atoms with E-state index in [2.05, 4.69) is 4.90 Å². The number of hydrogen-bond acceptors (Lipinski definition) is 3. The number of ether oxygens (including phenoxy) is 1. The molecule has 0 aromatic rings. The van der Waals surface area contributed by atoms with Gasteiger partial charge in [-0.3, -0.25) is 9.69 Å². The average Bonchev–Trinajstić information content (AvgIpc) is 2.69. The molecule has 0 bridgehead atoms. The van der Waals surface area contributed by atoms with E-state index in [1.807, 2.05) is 6.92 Å². The van der Waals surface area contributed by atoms with Crippen molar-refractivity contribution in [3.8, 4) is 0 Å². The smallest absolute Gasteiger partial charge is 0.320 e. The Hall–Kier alpha value is -0.610. The Morgan fingerprint density at radius 3 is 2.88 bits per heavy atom.